The van der Waals surface area contributed by atoms with Crippen molar-refractivity contribution >= 4 is 0 Å². The summed E-state index contributed by atoms with van der Waals surface area (Å²) in [6, 6.07) is 16.6. The summed E-state index contributed by atoms with van der Waals surface area (Å²) in [7, 11) is 6.79. The third-order valence-electron chi connectivity index (χ3n) is 6.67. The molecule has 0 amide bonds. The Bertz CT molecular complexity index is 696. The van der Waals surface area contributed by atoms with E-state index >= 15 is 0 Å². The average Bonchev–Trinajstić information content (AvgIpc) is 3.22. The number of hydrogen-bond acceptors (Lipinski definition) is 3. The summed E-state index contributed by atoms with van der Waals surface area (Å²) in [5.74, 6) is 1.89. The van der Waals surface area contributed by atoms with Gasteiger partial charge in [0.1, 0.15) is 0 Å². The second-order valence-corrected chi connectivity index (χ2v) is 8.56. The molecule has 2 aliphatic carbocycles. The SMILES string of the molecule is CN(C)C1C[C@@H]2CC(N(C)Cc3ccc(-c4ccccn4)cc3)C[C@@H]2C1. The molecule has 2 saturated carbocycles. The summed E-state index contributed by atoms with van der Waals surface area (Å²) < 4.78 is 0. The van der Waals surface area contributed by atoms with Gasteiger partial charge in [0.25, 0.3) is 0 Å². The van der Waals surface area contributed by atoms with Crippen molar-refractivity contribution in [1.82, 2.24) is 14.8 Å². The highest BCUT2D eigenvalue weighted by molar-refractivity contribution is 5.58. The Labute approximate surface area is 158 Å². The van der Waals surface area contributed by atoms with E-state index in [9.17, 15) is 0 Å². The lowest BCUT2D eigenvalue weighted by Gasteiger charge is -2.27. The summed E-state index contributed by atoms with van der Waals surface area (Å²) >= 11 is 0. The van der Waals surface area contributed by atoms with Crippen molar-refractivity contribution in [2.45, 2.75) is 44.3 Å². The maximum atomic E-state index is 4.44. The second kappa shape index (κ2) is 7.50. The molecule has 1 aromatic carbocycles. The monoisotopic (exact) mass is 349 g/mol. The quantitative estimate of drug-likeness (QED) is 0.802. The Kier molecular flexibility index (Phi) is 5.10. The number of fused-ring (bicyclic) bond motifs is 1. The van der Waals surface area contributed by atoms with Gasteiger partial charge in [-0.3, -0.25) is 9.88 Å². The van der Waals surface area contributed by atoms with Crippen molar-refractivity contribution < 1.29 is 0 Å². The van der Waals surface area contributed by atoms with Crippen LogP contribution in [0.4, 0.5) is 0 Å². The highest BCUT2D eigenvalue weighted by Crippen LogP contribution is 2.46. The maximum Gasteiger partial charge on any atom is 0.0701 e. The molecular weight excluding hydrogens is 318 g/mol. The Hall–Kier alpha value is -1.71. The predicted molar refractivity (Wildman–Crippen MR) is 108 cm³/mol. The first-order chi connectivity index (χ1) is 12.6. The fraction of sp³-hybridized carbons (Fsp3) is 0.522. The third kappa shape index (κ3) is 3.70. The van der Waals surface area contributed by atoms with Gasteiger partial charge in [0.05, 0.1) is 5.69 Å². The van der Waals surface area contributed by atoms with Crippen molar-refractivity contribution in [1.29, 1.82) is 0 Å². The molecule has 0 bridgehead atoms. The first-order valence-electron chi connectivity index (χ1n) is 9.97. The van der Waals surface area contributed by atoms with Crippen LogP contribution in [0.25, 0.3) is 11.3 Å². The Morgan fingerprint density at radius 3 is 2.08 bits per heavy atom. The molecule has 0 radical (unpaired) electrons. The van der Waals surface area contributed by atoms with Crippen LogP contribution in [0.3, 0.4) is 0 Å². The van der Waals surface area contributed by atoms with Crippen LogP contribution in [0.15, 0.2) is 48.7 Å². The fourth-order valence-corrected chi connectivity index (χ4v) is 5.07. The van der Waals surface area contributed by atoms with Crippen LogP contribution in [0, 0.1) is 11.8 Å². The number of nitrogens with zero attached hydrogens (tertiary/aromatic N) is 3. The average molecular weight is 350 g/mol. The molecule has 2 aliphatic rings. The molecule has 2 unspecified atom stereocenters. The minimum atomic E-state index is 0.753. The molecule has 1 aromatic heterocycles. The molecule has 3 heteroatoms. The minimum absolute atomic E-state index is 0.753. The van der Waals surface area contributed by atoms with Gasteiger partial charge in [-0.05, 0) is 76.4 Å². The van der Waals surface area contributed by atoms with Crippen LogP contribution in [0.2, 0.25) is 0 Å². The Morgan fingerprint density at radius 1 is 0.846 bits per heavy atom. The van der Waals surface area contributed by atoms with Crippen LogP contribution < -0.4 is 0 Å². The molecule has 4 atom stereocenters. The van der Waals surface area contributed by atoms with E-state index in [0.29, 0.717) is 0 Å². The first-order valence-corrected chi connectivity index (χ1v) is 9.97. The molecule has 2 fully saturated rings. The molecule has 0 N–H and O–H groups in total. The van der Waals surface area contributed by atoms with Gasteiger partial charge in [0.2, 0.25) is 0 Å². The van der Waals surface area contributed by atoms with Gasteiger partial charge < -0.3 is 4.90 Å². The lowest BCUT2D eigenvalue weighted by atomic mass is 10.0. The standard InChI is InChI=1S/C23H31N3/c1-25(2)21-12-19-14-22(15-20(19)13-21)26(3)16-17-7-9-18(10-8-17)23-6-4-5-11-24-23/h4-11,19-22H,12-16H2,1-3H3/t19-,20+,21?,22?. The largest absolute Gasteiger partial charge is 0.306 e. The van der Waals surface area contributed by atoms with Gasteiger partial charge in [-0.25, -0.2) is 0 Å². The van der Waals surface area contributed by atoms with Crippen LogP contribution >= 0.6 is 0 Å². The normalized spacial score (nSPS) is 28.0. The zero-order valence-electron chi connectivity index (χ0n) is 16.3. The van der Waals surface area contributed by atoms with Gasteiger partial charge in [-0.2, -0.15) is 0 Å². The smallest absolute Gasteiger partial charge is 0.0701 e. The lowest BCUT2D eigenvalue weighted by Crippen LogP contribution is -2.31. The topological polar surface area (TPSA) is 19.4 Å². The summed E-state index contributed by atoms with van der Waals surface area (Å²) in [6.07, 6.45) is 7.44. The van der Waals surface area contributed by atoms with Crippen LogP contribution in [-0.4, -0.2) is 48.0 Å². The molecule has 4 rings (SSSR count). The molecule has 3 nitrogen and oxygen atoms in total. The molecule has 0 saturated heterocycles. The van der Waals surface area contributed by atoms with Gasteiger partial charge in [0, 0.05) is 30.4 Å². The van der Waals surface area contributed by atoms with Gasteiger partial charge >= 0.3 is 0 Å². The molecule has 138 valence electrons. The van der Waals surface area contributed by atoms with E-state index in [2.05, 4.69) is 66.3 Å². The van der Waals surface area contributed by atoms with E-state index in [-0.39, 0.29) is 0 Å². The maximum absolute atomic E-state index is 4.44. The zero-order valence-corrected chi connectivity index (χ0v) is 16.3. The van der Waals surface area contributed by atoms with Crippen molar-refractivity contribution in [2.75, 3.05) is 21.1 Å². The van der Waals surface area contributed by atoms with E-state index in [1.165, 1.54) is 36.8 Å². The van der Waals surface area contributed by atoms with E-state index in [1.54, 1.807) is 0 Å². The molecule has 0 spiro atoms. The zero-order chi connectivity index (χ0) is 18.1. The van der Waals surface area contributed by atoms with Crippen molar-refractivity contribution in [2.24, 2.45) is 11.8 Å². The van der Waals surface area contributed by atoms with Crippen LogP contribution in [-0.2, 0) is 6.54 Å². The molecular formula is C23H31N3. The number of pyridine rings is 1. The van der Waals surface area contributed by atoms with E-state index in [4.69, 9.17) is 0 Å². The highest BCUT2D eigenvalue weighted by Gasteiger charge is 2.43. The summed E-state index contributed by atoms with van der Waals surface area (Å²) in [4.78, 5) is 9.45. The van der Waals surface area contributed by atoms with Crippen molar-refractivity contribution in [3.8, 4) is 11.3 Å². The summed E-state index contributed by atoms with van der Waals surface area (Å²) in [5, 5.41) is 0. The fourth-order valence-electron chi connectivity index (χ4n) is 5.07. The van der Waals surface area contributed by atoms with Gasteiger partial charge in [-0.15, -0.1) is 0 Å². The Balaban J connectivity index is 1.34. The Morgan fingerprint density at radius 2 is 1.50 bits per heavy atom. The molecule has 26 heavy (non-hydrogen) atoms. The van der Waals surface area contributed by atoms with E-state index < -0.39 is 0 Å². The number of benzene rings is 1. The predicted octanol–water partition coefficient (Wildman–Crippen LogP) is 4.30. The summed E-state index contributed by atoms with van der Waals surface area (Å²) in [5.41, 5.74) is 3.64. The van der Waals surface area contributed by atoms with E-state index in [0.717, 1.165) is 36.2 Å². The number of aromatic nitrogens is 1. The minimum Gasteiger partial charge on any atom is -0.306 e. The van der Waals surface area contributed by atoms with Crippen molar-refractivity contribution in [3.05, 3.63) is 54.2 Å². The van der Waals surface area contributed by atoms with Gasteiger partial charge in [-0.1, -0.05) is 30.3 Å². The molecule has 1 heterocycles. The van der Waals surface area contributed by atoms with Crippen molar-refractivity contribution in [3.63, 3.8) is 0 Å². The van der Waals surface area contributed by atoms with E-state index in [1.807, 2.05) is 18.3 Å². The molecule has 0 aliphatic heterocycles. The molecule has 2 aromatic rings. The van der Waals surface area contributed by atoms with Crippen LogP contribution in [0.5, 0.6) is 0 Å². The van der Waals surface area contributed by atoms with Crippen LogP contribution in [0.1, 0.15) is 31.2 Å². The highest BCUT2D eigenvalue weighted by atomic mass is 15.1. The third-order valence-corrected chi connectivity index (χ3v) is 6.67. The summed E-state index contributed by atoms with van der Waals surface area (Å²) in [6.45, 7) is 1.05. The number of hydrogen-bond donors (Lipinski definition) is 0. The first kappa shape index (κ1) is 17.7. The lowest BCUT2D eigenvalue weighted by molar-refractivity contribution is 0.212. The van der Waals surface area contributed by atoms with Gasteiger partial charge in [0.15, 0.2) is 0 Å². The second-order valence-electron chi connectivity index (χ2n) is 8.56. The number of rotatable bonds is 5.